The molecule has 4 N–H and O–H groups in total. The lowest BCUT2D eigenvalue weighted by atomic mass is 9.93. The molecule has 1 saturated heterocycles. The minimum Gasteiger partial charge on any atom is -0.388 e. The second kappa shape index (κ2) is 7.58. The van der Waals surface area contributed by atoms with Crippen LogP contribution in [0.5, 0.6) is 0 Å². The van der Waals surface area contributed by atoms with Crippen molar-refractivity contribution in [2.24, 2.45) is 0 Å². The Morgan fingerprint density at radius 1 is 1.27 bits per heavy atom. The zero-order chi connectivity index (χ0) is 17.2. The molecule has 1 amide bonds. The van der Waals surface area contributed by atoms with Gasteiger partial charge in [-0.25, -0.2) is 0 Å². The number of hydrogen-bond acceptors (Lipinski definition) is 7. The Kier molecular flexibility index (Phi) is 6.84. The summed E-state index contributed by atoms with van der Waals surface area (Å²) in [5.41, 5.74) is -0.958. The summed E-state index contributed by atoms with van der Waals surface area (Å²) in [6.07, 6.45) is -9.59. The van der Waals surface area contributed by atoms with E-state index < -0.39 is 53.2 Å². The van der Waals surface area contributed by atoms with Crippen molar-refractivity contribution in [3.63, 3.8) is 0 Å². The molecular weight excluding hydrogens is 347 g/mol. The highest BCUT2D eigenvalue weighted by Crippen LogP contribution is 2.30. The number of aliphatic hydroxyl groups excluding tert-OH is 3. The summed E-state index contributed by atoms with van der Waals surface area (Å²) in [5, 5.41) is 30.3. The first-order valence-electron chi connectivity index (χ1n) is 6.29. The van der Waals surface area contributed by atoms with Gasteiger partial charge in [0.05, 0.1) is 6.04 Å². The highest BCUT2D eigenvalue weighted by molar-refractivity contribution is 7.99. The SMILES string of the molecule is CSC1OC(C(NC(=O)C(F)(F)F)C(C)S)C(O)C(O)C1O. The summed E-state index contributed by atoms with van der Waals surface area (Å²) in [7, 11) is 0. The predicted molar refractivity (Wildman–Crippen MR) is 76.6 cm³/mol. The molecule has 0 aliphatic carbocycles. The predicted octanol–water partition coefficient (Wildman–Crippen LogP) is -0.478. The Morgan fingerprint density at radius 3 is 2.23 bits per heavy atom. The smallest absolute Gasteiger partial charge is 0.388 e. The van der Waals surface area contributed by atoms with E-state index in [-0.39, 0.29) is 0 Å². The van der Waals surface area contributed by atoms with Crippen LogP contribution in [-0.2, 0) is 9.53 Å². The van der Waals surface area contributed by atoms with Crippen molar-refractivity contribution in [3.8, 4) is 0 Å². The van der Waals surface area contributed by atoms with E-state index in [1.54, 1.807) is 11.6 Å². The monoisotopic (exact) mass is 365 g/mol. The first-order chi connectivity index (χ1) is 10.0. The fraction of sp³-hybridized carbons (Fsp3) is 0.909. The number of hydrogen-bond donors (Lipinski definition) is 5. The first kappa shape index (κ1) is 19.8. The molecule has 0 aromatic rings. The summed E-state index contributed by atoms with van der Waals surface area (Å²) >= 11 is 5.01. The quantitative estimate of drug-likeness (QED) is 0.432. The third kappa shape index (κ3) is 4.42. The van der Waals surface area contributed by atoms with Gasteiger partial charge >= 0.3 is 12.1 Å². The molecule has 1 aliphatic heterocycles. The number of rotatable bonds is 4. The molecule has 7 unspecified atom stereocenters. The second-order valence-corrected chi connectivity index (χ2v) is 6.66. The van der Waals surface area contributed by atoms with Gasteiger partial charge in [0.1, 0.15) is 29.9 Å². The van der Waals surface area contributed by atoms with Crippen molar-refractivity contribution in [2.45, 2.75) is 54.2 Å². The number of carbonyl (C=O) groups is 1. The maximum absolute atomic E-state index is 12.4. The maximum Gasteiger partial charge on any atom is 0.471 e. The van der Waals surface area contributed by atoms with Gasteiger partial charge in [-0.2, -0.15) is 25.8 Å². The molecule has 11 heteroatoms. The van der Waals surface area contributed by atoms with Crippen LogP contribution in [0.15, 0.2) is 0 Å². The lowest BCUT2D eigenvalue weighted by Gasteiger charge is -2.44. The number of aliphatic hydroxyl groups is 3. The molecule has 0 spiro atoms. The lowest BCUT2D eigenvalue weighted by Crippen LogP contribution is -2.65. The Bertz CT molecular complexity index is 396. The van der Waals surface area contributed by atoms with Crippen LogP contribution >= 0.6 is 24.4 Å². The summed E-state index contributed by atoms with van der Waals surface area (Å²) in [6.45, 7) is 1.41. The van der Waals surface area contributed by atoms with Crippen LogP contribution in [-0.4, -0.2) is 74.8 Å². The molecule has 0 bridgehead atoms. The van der Waals surface area contributed by atoms with Crippen LogP contribution in [0.2, 0.25) is 0 Å². The van der Waals surface area contributed by atoms with Crippen LogP contribution in [0.3, 0.4) is 0 Å². The number of alkyl halides is 3. The van der Waals surface area contributed by atoms with Crippen molar-refractivity contribution in [1.29, 1.82) is 0 Å². The normalized spacial score (nSPS) is 35.8. The van der Waals surface area contributed by atoms with Crippen molar-refractivity contribution in [2.75, 3.05) is 6.26 Å². The fourth-order valence-electron chi connectivity index (χ4n) is 2.08. The van der Waals surface area contributed by atoms with Gasteiger partial charge in [0.25, 0.3) is 0 Å². The standard InChI is InChI=1S/C11H18F3NO5S2/c1-3(21)4(15-10(19)11(12,13)14)8-6(17)5(16)7(18)9(20-8)22-2/h3-9,16-18,21H,1-2H3,(H,15,19). The third-order valence-electron chi connectivity index (χ3n) is 3.27. The Hall–Kier alpha value is -0.200. The number of carbonyl (C=O) groups excluding carboxylic acids is 1. The van der Waals surface area contributed by atoms with Gasteiger partial charge in [-0.1, -0.05) is 6.92 Å². The second-order valence-electron chi connectivity index (χ2n) is 4.91. The average molecular weight is 365 g/mol. The molecule has 22 heavy (non-hydrogen) atoms. The largest absolute Gasteiger partial charge is 0.471 e. The van der Waals surface area contributed by atoms with E-state index in [2.05, 4.69) is 12.6 Å². The third-order valence-corrected chi connectivity index (χ3v) is 4.44. The summed E-state index contributed by atoms with van der Waals surface area (Å²) in [5.74, 6) is -2.20. The average Bonchev–Trinajstić information content (AvgIpc) is 2.41. The summed E-state index contributed by atoms with van der Waals surface area (Å²) in [6, 6.07) is -1.32. The van der Waals surface area contributed by atoms with Gasteiger partial charge in [0.15, 0.2) is 0 Å². The molecule has 0 radical (unpaired) electrons. The number of halogens is 3. The molecule has 1 rings (SSSR count). The van der Waals surface area contributed by atoms with E-state index in [1.165, 1.54) is 6.92 Å². The molecular formula is C11H18F3NO5S2. The van der Waals surface area contributed by atoms with E-state index in [1.807, 2.05) is 0 Å². The number of amides is 1. The van der Waals surface area contributed by atoms with Crippen molar-refractivity contribution >= 4 is 30.3 Å². The molecule has 130 valence electrons. The lowest BCUT2D eigenvalue weighted by molar-refractivity contribution is -0.207. The van der Waals surface area contributed by atoms with Crippen molar-refractivity contribution in [1.82, 2.24) is 5.32 Å². The van der Waals surface area contributed by atoms with Gasteiger partial charge in [-0.15, -0.1) is 11.8 Å². The van der Waals surface area contributed by atoms with Gasteiger partial charge in [-0.3, -0.25) is 4.79 Å². The minimum absolute atomic E-state index is 0.809. The Morgan fingerprint density at radius 2 is 1.82 bits per heavy atom. The zero-order valence-corrected chi connectivity index (χ0v) is 13.4. The highest BCUT2D eigenvalue weighted by atomic mass is 32.2. The van der Waals surface area contributed by atoms with Gasteiger partial charge < -0.3 is 25.4 Å². The highest BCUT2D eigenvalue weighted by Gasteiger charge is 2.49. The maximum atomic E-state index is 12.4. The number of thioether (sulfide) groups is 1. The molecule has 0 aromatic carbocycles. The van der Waals surface area contributed by atoms with E-state index in [0.29, 0.717) is 0 Å². The zero-order valence-electron chi connectivity index (χ0n) is 11.7. The minimum atomic E-state index is -5.10. The van der Waals surface area contributed by atoms with E-state index in [4.69, 9.17) is 4.74 Å². The number of ether oxygens (including phenoxy) is 1. The van der Waals surface area contributed by atoms with E-state index in [0.717, 1.165) is 11.8 Å². The van der Waals surface area contributed by atoms with Crippen LogP contribution in [0.1, 0.15) is 6.92 Å². The van der Waals surface area contributed by atoms with Gasteiger partial charge in [0.2, 0.25) is 0 Å². The molecule has 1 aliphatic rings. The van der Waals surface area contributed by atoms with E-state index >= 15 is 0 Å². The number of nitrogens with one attached hydrogen (secondary N) is 1. The van der Waals surface area contributed by atoms with Crippen LogP contribution < -0.4 is 5.32 Å². The Balaban J connectivity index is 2.97. The molecule has 1 heterocycles. The molecule has 0 saturated carbocycles. The molecule has 1 fully saturated rings. The van der Waals surface area contributed by atoms with Gasteiger partial charge in [-0.05, 0) is 6.26 Å². The van der Waals surface area contributed by atoms with E-state index in [9.17, 15) is 33.3 Å². The van der Waals surface area contributed by atoms with Crippen molar-refractivity contribution < 1.29 is 38.0 Å². The fourth-order valence-corrected chi connectivity index (χ4v) is 3.00. The summed E-state index contributed by atoms with van der Waals surface area (Å²) < 4.78 is 42.5. The molecule has 7 atom stereocenters. The van der Waals surface area contributed by atoms with Crippen LogP contribution in [0, 0.1) is 0 Å². The molecule has 6 nitrogen and oxygen atoms in total. The molecule has 0 aromatic heterocycles. The van der Waals surface area contributed by atoms with Crippen molar-refractivity contribution in [3.05, 3.63) is 0 Å². The Labute approximate surface area is 134 Å². The first-order valence-corrected chi connectivity index (χ1v) is 8.09. The summed E-state index contributed by atoms with van der Waals surface area (Å²) in [4.78, 5) is 11.1. The topological polar surface area (TPSA) is 99.0 Å². The van der Waals surface area contributed by atoms with Gasteiger partial charge in [0, 0.05) is 5.25 Å². The number of thiol groups is 1. The van der Waals surface area contributed by atoms with Crippen LogP contribution in [0.4, 0.5) is 13.2 Å². The van der Waals surface area contributed by atoms with Crippen LogP contribution in [0.25, 0.3) is 0 Å².